The molecule has 1 aromatic rings. The van der Waals surface area contributed by atoms with E-state index < -0.39 is 16.1 Å². The molecule has 20 heavy (non-hydrogen) atoms. The Hall–Kier alpha value is -1.76. The highest BCUT2D eigenvalue weighted by molar-refractivity contribution is 8.00. The first-order valence-corrected chi connectivity index (χ1v) is 7.06. The van der Waals surface area contributed by atoms with E-state index in [0.717, 1.165) is 11.8 Å². The molecule has 0 saturated heterocycles. The molecule has 1 atom stereocenters. The number of carbonyl (C=O) groups is 1. The maximum atomic E-state index is 11.2. The zero-order valence-corrected chi connectivity index (χ0v) is 12.3. The zero-order chi connectivity index (χ0) is 15.3. The molecule has 0 aliphatic carbocycles. The van der Waals surface area contributed by atoms with Gasteiger partial charge in [-0.05, 0) is 25.0 Å². The average molecular weight is 299 g/mol. The Morgan fingerprint density at radius 1 is 1.50 bits per heavy atom. The summed E-state index contributed by atoms with van der Waals surface area (Å²) in [5.74, 6) is -0.968. The van der Waals surface area contributed by atoms with Gasteiger partial charge in [0, 0.05) is 0 Å². The summed E-state index contributed by atoms with van der Waals surface area (Å²) in [6, 6.07) is 4.68. The number of carboxylic acid groups (broad SMARTS) is 1. The molecule has 1 aromatic carbocycles. The average Bonchev–Trinajstić information content (AvgIpc) is 2.35. The highest BCUT2D eigenvalue weighted by atomic mass is 32.2. The van der Waals surface area contributed by atoms with Crippen molar-refractivity contribution in [3.63, 3.8) is 0 Å². The molecule has 0 amide bonds. The van der Waals surface area contributed by atoms with Crippen LogP contribution in [0.15, 0.2) is 23.1 Å². The second-order valence-electron chi connectivity index (χ2n) is 4.41. The van der Waals surface area contributed by atoms with Crippen molar-refractivity contribution in [3.8, 4) is 5.75 Å². The molecule has 7 heteroatoms. The van der Waals surface area contributed by atoms with Gasteiger partial charge in [-0.15, -0.1) is 11.8 Å². The summed E-state index contributed by atoms with van der Waals surface area (Å²) >= 11 is 0.979. The molecule has 0 bridgehead atoms. The van der Waals surface area contributed by atoms with E-state index in [1.54, 1.807) is 32.9 Å². The van der Waals surface area contributed by atoms with Gasteiger partial charge in [-0.2, -0.15) is 0 Å². The minimum absolute atomic E-state index is 0.146. The number of benzene rings is 1. The second-order valence-corrected chi connectivity index (χ2v) is 5.60. The molecule has 1 rings (SSSR count). The van der Waals surface area contributed by atoms with E-state index in [4.69, 9.17) is 4.74 Å². The van der Waals surface area contributed by atoms with Crippen LogP contribution in [0.5, 0.6) is 5.75 Å². The maximum absolute atomic E-state index is 11.2. The maximum Gasteiger partial charge on any atom is 0.324 e. The van der Waals surface area contributed by atoms with Crippen LogP contribution in [0.4, 0.5) is 5.69 Å². The lowest BCUT2D eigenvalue weighted by Gasteiger charge is -2.16. The van der Waals surface area contributed by atoms with E-state index in [1.807, 2.05) is 0 Å². The quantitative estimate of drug-likeness (QED) is 0.472. The fourth-order valence-electron chi connectivity index (χ4n) is 1.66. The highest BCUT2D eigenvalue weighted by Gasteiger charge is 2.28. The van der Waals surface area contributed by atoms with Gasteiger partial charge in [-0.1, -0.05) is 19.9 Å². The standard InChI is InChI=1S/C13H17NO5S/c1-4-19-9-6-5-7-10(11(9)14(17)18)20-12(8(2)3)13(15)16/h5-8,12H,4H2,1-3H3,(H,15,16). The van der Waals surface area contributed by atoms with Crippen LogP contribution in [0.1, 0.15) is 20.8 Å². The number of rotatable bonds is 7. The Balaban J connectivity index is 3.20. The molecule has 1 N–H and O–H groups in total. The van der Waals surface area contributed by atoms with E-state index in [0.29, 0.717) is 11.5 Å². The minimum Gasteiger partial charge on any atom is -0.487 e. The Labute approximate surface area is 121 Å². The predicted octanol–water partition coefficient (Wildman–Crippen LogP) is 3.19. The van der Waals surface area contributed by atoms with Crippen molar-refractivity contribution in [1.29, 1.82) is 0 Å². The molecule has 0 aliphatic rings. The van der Waals surface area contributed by atoms with Gasteiger partial charge >= 0.3 is 11.7 Å². The first kappa shape index (κ1) is 16.3. The van der Waals surface area contributed by atoms with Crippen LogP contribution in [-0.2, 0) is 4.79 Å². The summed E-state index contributed by atoms with van der Waals surface area (Å²) in [7, 11) is 0. The monoisotopic (exact) mass is 299 g/mol. The molecule has 0 radical (unpaired) electrons. The van der Waals surface area contributed by atoms with Crippen molar-refractivity contribution in [2.24, 2.45) is 5.92 Å². The van der Waals surface area contributed by atoms with Crippen LogP contribution in [0.3, 0.4) is 0 Å². The van der Waals surface area contributed by atoms with Crippen LogP contribution in [0, 0.1) is 16.0 Å². The normalized spacial score (nSPS) is 12.2. The van der Waals surface area contributed by atoms with Crippen molar-refractivity contribution in [2.75, 3.05) is 6.61 Å². The molecule has 0 saturated carbocycles. The number of nitro benzene ring substituents is 1. The molecule has 0 heterocycles. The minimum atomic E-state index is -0.985. The number of aliphatic carboxylic acids is 1. The number of para-hydroxylation sites is 1. The van der Waals surface area contributed by atoms with E-state index in [1.165, 1.54) is 6.07 Å². The topological polar surface area (TPSA) is 89.7 Å². The molecule has 0 aromatic heterocycles. The van der Waals surface area contributed by atoms with Crippen LogP contribution >= 0.6 is 11.8 Å². The van der Waals surface area contributed by atoms with Crippen molar-refractivity contribution >= 4 is 23.4 Å². The first-order chi connectivity index (χ1) is 9.38. The van der Waals surface area contributed by atoms with Gasteiger partial charge in [0.05, 0.1) is 16.4 Å². The number of hydrogen-bond acceptors (Lipinski definition) is 5. The number of thioether (sulfide) groups is 1. The lowest BCUT2D eigenvalue weighted by molar-refractivity contribution is -0.388. The Kier molecular flexibility index (Phi) is 5.82. The van der Waals surface area contributed by atoms with E-state index in [2.05, 4.69) is 0 Å². The lowest BCUT2D eigenvalue weighted by Crippen LogP contribution is -2.22. The van der Waals surface area contributed by atoms with Gasteiger partial charge in [0.15, 0.2) is 5.75 Å². The number of nitrogens with zero attached hydrogens (tertiary/aromatic N) is 1. The third kappa shape index (κ3) is 3.86. The summed E-state index contributed by atoms with van der Waals surface area (Å²) in [6.07, 6.45) is 0. The van der Waals surface area contributed by atoms with Crippen molar-refractivity contribution in [3.05, 3.63) is 28.3 Å². The summed E-state index contributed by atoms with van der Waals surface area (Å²) in [5, 5.41) is 19.6. The molecule has 110 valence electrons. The summed E-state index contributed by atoms with van der Waals surface area (Å²) < 4.78 is 5.24. The van der Waals surface area contributed by atoms with Crippen LogP contribution < -0.4 is 4.74 Å². The van der Waals surface area contributed by atoms with Crippen LogP contribution in [-0.4, -0.2) is 27.9 Å². The van der Waals surface area contributed by atoms with Crippen LogP contribution in [0.2, 0.25) is 0 Å². The van der Waals surface area contributed by atoms with Gasteiger partial charge in [0.2, 0.25) is 0 Å². The number of nitro groups is 1. The SMILES string of the molecule is CCOc1cccc(SC(C(=O)O)C(C)C)c1[N+](=O)[O-]. The van der Waals surface area contributed by atoms with Gasteiger partial charge < -0.3 is 9.84 Å². The fraction of sp³-hybridized carbons (Fsp3) is 0.462. The fourth-order valence-corrected chi connectivity index (χ4v) is 2.75. The summed E-state index contributed by atoms with van der Waals surface area (Å²) in [4.78, 5) is 22.2. The Bertz CT molecular complexity index is 504. The number of carboxylic acids is 1. The first-order valence-electron chi connectivity index (χ1n) is 6.18. The molecule has 0 aliphatic heterocycles. The molecular formula is C13H17NO5S. The predicted molar refractivity (Wildman–Crippen MR) is 76.4 cm³/mol. The highest BCUT2D eigenvalue weighted by Crippen LogP contribution is 2.40. The van der Waals surface area contributed by atoms with Crippen molar-refractivity contribution in [1.82, 2.24) is 0 Å². The van der Waals surface area contributed by atoms with E-state index in [-0.39, 0.29) is 17.4 Å². The number of hydrogen-bond donors (Lipinski definition) is 1. The summed E-state index contributed by atoms with van der Waals surface area (Å²) in [5.41, 5.74) is -0.175. The molecular weight excluding hydrogens is 282 g/mol. The Morgan fingerprint density at radius 2 is 2.15 bits per heavy atom. The van der Waals surface area contributed by atoms with Gasteiger partial charge in [-0.3, -0.25) is 14.9 Å². The third-order valence-electron chi connectivity index (χ3n) is 2.55. The smallest absolute Gasteiger partial charge is 0.324 e. The Morgan fingerprint density at radius 3 is 2.60 bits per heavy atom. The van der Waals surface area contributed by atoms with Gasteiger partial charge in [0.1, 0.15) is 5.25 Å². The second kappa shape index (κ2) is 7.14. The summed E-state index contributed by atoms with van der Waals surface area (Å²) in [6.45, 7) is 5.58. The molecule has 1 unspecified atom stereocenters. The largest absolute Gasteiger partial charge is 0.487 e. The van der Waals surface area contributed by atoms with E-state index >= 15 is 0 Å². The lowest BCUT2D eigenvalue weighted by atomic mass is 10.1. The van der Waals surface area contributed by atoms with Gasteiger partial charge in [0.25, 0.3) is 0 Å². The van der Waals surface area contributed by atoms with Crippen LogP contribution in [0.25, 0.3) is 0 Å². The number of ether oxygens (including phenoxy) is 1. The third-order valence-corrected chi connectivity index (χ3v) is 4.13. The zero-order valence-electron chi connectivity index (χ0n) is 11.5. The molecule has 0 fully saturated rings. The van der Waals surface area contributed by atoms with Gasteiger partial charge in [-0.25, -0.2) is 0 Å². The van der Waals surface area contributed by atoms with Crippen molar-refractivity contribution in [2.45, 2.75) is 30.9 Å². The van der Waals surface area contributed by atoms with E-state index in [9.17, 15) is 20.0 Å². The molecule has 0 spiro atoms. The molecule has 6 nitrogen and oxygen atoms in total. The van der Waals surface area contributed by atoms with Crippen molar-refractivity contribution < 1.29 is 19.6 Å².